The highest BCUT2D eigenvalue weighted by Gasteiger charge is 2.16. The largest absolute Gasteiger partial charge is 0.497 e. The number of esters is 1. The third-order valence-electron chi connectivity index (χ3n) is 4.63. The molecule has 0 amide bonds. The monoisotopic (exact) mass is 459 g/mol. The number of aromatic amines is 1. The third-order valence-corrected chi connectivity index (χ3v) is 5.50. The molecule has 1 heterocycles. The maximum Gasteiger partial charge on any atom is 0.307 e. The Morgan fingerprint density at radius 3 is 2.59 bits per heavy atom. The Hall–Kier alpha value is -3.30. The van der Waals surface area contributed by atoms with E-state index >= 15 is 0 Å². The molecule has 0 aliphatic rings. The highest BCUT2D eigenvalue weighted by atomic mass is 32.1. The fraction of sp³-hybridized carbons (Fsp3) is 0.304. The number of aromatic nitrogens is 1. The fourth-order valence-corrected chi connectivity index (χ4v) is 3.66. The minimum absolute atomic E-state index is 0.0950. The molecule has 2 N–H and O–H groups in total. The molecule has 32 heavy (non-hydrogen) atoms. The maximum atomic E-state index is 11.4. The Balaban J connectivity index is 1.64. The molecule has 3 aromatic rings. The van der Waals surface area contributed by atoms with E-state index in [1.807, 2.05) is 48.5 Å². The van der Waals surface area contributed by atoms with Crippen molar-refractivity contribution in [1.82, 2.24) is 4.98 Å². The number of thiazole rings is 1. The number of methoxy groups -OCH3 is 1. The van der Waals surface area contributed by atoms with Crippen molar-refractivity contribution in [1.29, 1.82) is 0 Å². The summed E-state index contributed by atoms with van der Waals surface area (Å²) in [6.07, 6.45) is 0.227. The number of carbonyl (C=O) groups is 1. The molecule has 0 saturated heterocycles. The van der Waals surface area contributed by atoms with Crippen LogP contribution in [0.25, 0.3) is 0 Å². The number of hydrogen-bond donors (Lipinski definition) is 2. The van der Waals surface area contributed by atoms with E-state index in [1.54, 1.807) is 14.0 Å². The molecular weight excluding hydrogens is 434 g/mol. The van der Waals surface area contributed by atoms with E-state index in [1.165, 1.54) is 0 Å². The van der Waals surface area contributed by atoms with Gasteiger partial charge < -0.3 is 24.1 Å². The number of carbonyl (C=O) groups excluding carboxylic acids is 1. The van der Waals surface area contributed by atoms with E-state index in [-0.39, 0.29) is 36.5 Å². The number of aromatic hydroxyl groups is 1. The topological polar surface area (TPSA) is 107 Å². The van der Waals surface area contributed by atoms with Crippen LogP contribution >= 0.6 is 11.3 Å². The molecule has 9 heteroatoms. The summed E-state index contributed by atoms with van der Waals surface area (Å²) in [7, 11) is 1.59. The molecule has 1 atom stereocenters. The molecular formula is C23H25NO7S. The Morgan fingerprint density at radius 2 is 1.94 bits per heavy atom. The first-order chi connectivity index (χ1) is 15.5. The molecule has 0 aliphatic heterocycles. The third kappa shape index (κ3) is 6.60. The summed E-state index contributed by atoms with van der Waals surface area (Å²) in [6, 6.07) is 14.7. The van der Waals surface area contributed by atoms with Gasteiger partial charge in [-0.05, 0) is 35.4 Å². The number of hydrogen-bond acceptors (Lipinski definition) is 8. The van der Waals surface area contributed by atoms with Crippen LogP contribution in [-0.2, 0) is 20.7 Å². The Morgan fingerprint density at radius 1 is 1.16 bits per heavy atom. The van der Waals surface area contributed by atoms with E-state index in [9.17, 15) is 14.7 Å². The SMILES string of the molecule is CCC(=O)OCOC(COc1ccc(Cc2sc(=O)[nH]c2O)cc1)c1cccc(OC)c1. The molecule has 0 bridgehead atoms. The van der Waals surface area contributed by atoms with Crippen molar-refractivity contribution in [3.05, 3.63) is 74.2 Å². The predicted molar refractivity (Wildman–Crippen MR) is 119 cm³/mol. The lowest BCUT2D eigenvalue weighted by atomic mass is 10.1. The zero-order chi connectivity index (χ0) is 22.9. The summed E-state index contributed by atoms with van der Waals surface area (Å²) in [5.74, 6) is 0.871. The molecule has 0 radical (unpaired) electrons. The summed E-state index contributed by atoms with van der Waals surface area (Å²) in [5, 5.41) is 9.74. The van der Waals surface area contributed by atoms with Gasteiger partial charge in [-0.3, -0.25) is 14.6 Å². The molecule has 0 spiro atoms. The lowest BCUT2D eigenvalue weighted by molar-refractivity contribution is -0.162. The van der Waals surface area contributed by atoms with Gasteiger partial charge in [-0.1, -0.05) is 42.5 Å². The van der Waals surface area contributed by atoms with E-state index in [2.05, 4.69) is 4.98 Å². The first-order valence-corrected chi connectivity index (χ1v) is 10.8. The molecule has 1 aromatic heterocycles. The molecule has 0 saturated carbocycles. The van der Waals surface area contributed by atoms with Crippen LogP contribution in [0.1, 0.15) is 35.5 Å². The van der Waals surface area contributed by atoms with E-state index in [0.29, 0.717) is 22.8 Å². The Bertz CT molecular complexity index is 1070. The summed E-state index contributed by atoms with van der Waals surface area (Å²) < 4.78 is 22.0. The molecule has 0 aliphatic carbocycles. The van der Waals surface area contributed by atoms with Crippen molar-refractivity contribution in [2.45, 2.75) is 25.9 Å². The second-order valence-corrected chi connectivity index (χ2v) is 7.91. The zero-order valence-corrected chi connectivity index (χ0v) is 18.6. The second kappa shape index (κ2) is 11.4. The minimum atomic E-state index is -0.483. The van der Waals surface area contributed by atoms with Gasteiger partial charge in [0.2, 0.25) is 5.88 Å². The van der Waals surface area contributed by atoms with Gasteiger partial charge in [0, 0.05) is 12.8 Å². The van der Waals surface area contributed by atoms with Crippen molar-refractivity contribution in [3.8, 4) is 17.4 Å². The van der Waals surface area contributed by atoms with Crippen LogP contribution in [0, 0.1) is 0 Å². The van der Waals surface area contributed by atoms with E-state index in [0.717, 1.165) is 22.5 Å². The van der Waals surface area contributed by atoms with Crippen LogP contribution in [0.3, 0.4) is 0 Å². The number of rotatable bonds is 11. The van der Waals surface area contributed by atoms with Crippen LogP contribution in [0.2, 0.25) is 0 Å². The molecule has 8 nitrogen and oxygen atoms in total. The van der Waals surface area contributed by atoms with Gasteiger partial charge in [-0.25, -0.2) is 0 Å². The summed E-state index contributed by atoms with van der Waals surface area (Å²) >= 11 is 0.984. The van der Waals surface area contributed by atoms with E-state index < -0.39 is 6.10 Å². The lowest BCUT2D eigenvalue weighted by Crippen LogP contribution is -2.17. The van der Waals surface area contributed by atoms with Crippen molar-refractivity contribution in [2.24, 2.45) is 0 Å². The smallest absolute Gasteiger partial charge is 0.307 e. The van der Waals surface area contributed by atoms with Crippen molar-refractivity contribution in [3.63, 3.8) is 0 Å². The molecule has 2 aromatic carbocycles. The van der Waals surface area contributed by atoms with Crippen molar-refractivity contribution in [2.75, 3.05) is 20.5 Å². The van der Waals surface area contributed by atoms with Gasteiger partial charge in [0.05, 0.1) is 12.0 Å². The average molecular weight is 460 g/mol. The summed E-state index contributed by atoms with van der Waals surface area (Å²) in [4.78, 5) is 25.4. The summed E-state index contributed by atoms with van der Waals surface area (Å²) in [5.41, 5.74) is 1.75. The van der Waals surface area contributed by atoms with Crippen LogP contribution in [0.15, 0.2) is 53.3 Å². The number of benzene rings is 2. The van der Waals surface area contributed by atoms with Crippen LogP contribution in [0.5, 0.6) is 17.4 Å². The van der Waals surface area contributed by atoms with Gasteiger partial charge in [-0.15, -0.1) is 0 Å². The number of H-pyrrole nitrogens is 1. The first-order valence-electron chi connectivity index (χ1n) is 10.0. The predicted octanol–water partition coefficient (Wildman–Crippen LogP) is 3.79. The fourth-order valence-electron chi connectivity index (χ4n) is 2.90. The summed E-state index contributed by atoms with van der Waals surface area (Å²) in [6.45, 7) is 1.72. The van der Waals surface area contributed by atoms with Crippen LogP contribution in [0.4, 0.5) is 0 Å². The van der Waals surface area contributed by atoms with Crippen molar-refractivity contribution < 1.29 is 28.8 Å². The van der Waals surface area contributed by atoms with Crippen LogP contribution < -0.4 is 14.3 Å². The second-order valence-electron chi connectivity index (χ2n) is 6.84. The maximum absolute atomic E-state index is 11.4. The quantitative estimate of drug-likeness (QED) is 0.332. The van der Waals surface area contributed by atoms with Crippen molar-refractivity contribution >= 4 is 17.3 Å². The van der Waals surface area contributed by atoms with Gasteiger partial charge in [-0.2, -0.15) is 0 Å². The first kappa shape index (κ1) is 23.4. The van der Waals surface area contributed by atoms with Crippen LogP contribution in [-0.4, -0.2) is 36.6 Å². The van der Waals surface area contributed by atoms with Gasteiger partial charge in [0.25, 0.3) is 0 Å². The normalized spacial score (nSPS) is 11.7. The molecule has 170 valence electrons. The molecule has 0 fully saturated rings. The lowest BCUT2D eigenvalue weighted by Gasteiger charge is -2.19. The number of ether oxygens (including phenoxy) is 4. The Labute approximate surface area is 189 Å². The minimum Gasteiger partial charge on any atom is -0.497 e. The van der Waals surface area contributed by atoms with Gasteiger partial charge in [0.15, 0.2) is 6.79 Å². The average Bonchev–Trinajstić information content (AvgIpc) is 3.13. The van der Waals surface area contributed by atoms with Gasteiger partial charge >= 0.3 is 10.8 Å². The highest BCUT2D eigenvalue weighted by Crippen LogP contribution is 2.25. The van der Waals surface area contributed by atoms with E-state index in [4.69, 9.17) is 18.9 Å². The van der Waals surface area contributed by atoms with Gasteiger partial charge in [0.1, 0.15) is 24.2 Å². The zero-order valence-electron chi connectivity index (χ0n) is 17.8. The highest BCUT2D eigenvalue weighted by molar-refractivity contribution is 7.09. The molecule has 3 rings (SSSR count). The number of nitrogens with one attached hydrogen (secondary N) is 1. The molecule has 1 unspecified atom stereocenters. The standard InChI is InChI=1S/C23H25NO7S/c1-3-21(25)31-14-30-19(16-5-4-6-18(12-16)28-2)13-29-17-9-7-15(8-10-17)11-20-22(26)24-23(27)32-20/h4-10,12,19,26H,3,11,13-14H2,1-2H3,(H,24,27). The Kier molecular flexibility index (Phi) is 8.29.